The van der Waals surface area contributed by atoms with Crippen molar-refractivity contribution in [3.05, 3.63) is 23.8 Å². The molecule has 0 aliphatic carbocycles. The number of aromatic nitrogens is 2. The number of carbonyl (C=O) groups excluding carboxylic acids is 1. The van der Waals surface area contributed by atoms with E-state index in [-0.39, 0.29) is 5.91 Å². The van der Waals surface area contributed by atoms with Gasteiger partial charge in [-0.1, -0.05) is 6.92 Å². The zero-order valence-corrected chi connectivity index (χ0v) is 13.0. The van der Waals surface area contributed by atoms with Gasteiger partial charge in [-0.3, -0.25) is 14.7 Å². The minimum atomic E-state index is 0.0490. The predicted octanol–water partition coefficient (Wildman–Crippen LogP) is 1.87. The third-order valence-electron chi connectivity index (χ3n) is 4.82. The van der Waals surface area contributed by atoms with Crippen LogP contribution in [0.15, 0.2) is 12.4 Å². The summed E-state index contributed by atoms with van der Waals surface area (Å²) in [5, 5.41) is 0. The molecule has 114 valence electrons. The smallest absolute Gasteiger partial charge is 0.274 e. The summed E-state index contributed by atoms with van der Waals surface area (Å²) in [6, 6.07) is 0.878. The van der Waals surface area contributed by atoms with Gasteiger partial charge in [-0.15, -0.1) is 0 Å². The molecule has 3 rings (SSSR count). The van der Waals surface area contributed by atoms with Crippen molar-refractivity contribution in [1.29, 1.82) is 0 Å². The second kappa shape index (κ2) is 6.10. The summed E-state index contributed by atoms with van der Waals surface area (Å²) in [5.74, 6) is 0.0490. The van der Waals surface area contributed by atoms with Crippen molar-refractivity contribution in [2.75, 3.05) is 19.6 Å². The van der Waals surface area contributed by atoms with E-state index in [9.17, 15) is 4.79 Å². The Morgan fingerprint density at radius 1 is 1.19 bits per heavy atom. The van der Waals surface area contributed by atoms with E-state index in [1.165, 1.54) is 19.4 Å². The van der Waals surface area contributed by atoms with Gasteiger partial charge in [0, 0.05) is 24.8 Å². The van der Waals surface area contributed by atoms with Gasteiger partial charge in [0.2, 0.25) is 0 Å². The van der Waals surface area contributed by atoms with Gasteiger partial charge < -0.3 is 4.90 Å². The van der Waals surface area contributed by atoms with Gasteiger partial charge in [0.15, 0.2) is 0 Å². The molecular formula is C16H24N4O. The summed E-state index contributed by atoms with van der Waals surface area (Å²) in [5.41, 5.74) is 1.33. The first-order valence-electron chi connectivity index (χ1n) is 8.04. The highest BCUT2D eigenvalue weighted by Gasteiger charge is 2.39. The fourth-order valence-electron chi connectivity index (χ4n) is 3.78. The van der Waals surface area contributed by atoms with Gasteiger partial charge in [0.25, 0.3) is 5.91 Å². The summed E-state index contributed by atoms with van der Waals surface area (Å²) in [6.45, 7) is 7.20. The molecule has 1 aromatic rings. The average Bonchev–Trinajstić information content (AvgIpc) is 3.15. The molecular weight excluding hydrogens is 264 g/mol. The molecule has 0 bridgehead atoms. The van der Waals surface area contributed by atoms with Crippen LogP contribution in [-0.4, -0.2) is 57.4 Å². The molecule has 0 saturated carbocycles. The molecule has 5 nitrogen and oxygen atoms in total. The van der Waals surface area contributed by atoms with Crippen LogP contribution < -0.4 is 0 Å². The third kappa shape index (κ3) is 2.79. The number of rotatable bonds is 3. The summed E-state index contributed by atoms with van der Waals surface area (Å²) >= 11 is 0. The molecule has 5 heteroatoms. The van der Waals surface area contributed by atoms with E-state index in [4.69, 9.17) is 0 Å². The molecule has 0 N–H and O–H groups in total. The zero-order valence-electron chi connectivity index (χ0n) is 13.0. The molecule has 1 amide bonds. The highest BCUT2D eigenvalue weighted by Crippen LogP contribution is 2.30. The topological polar surface area (TPSA) is 49.3 Å². The van der Waals surface area contributed by atoms with E-state index in [1.807, 2.05) is 11.8 Å². The summed E-state index contributed by atoms with van der Waals surface area (Å²) in [6.07, 6.45) is 7.96. The third-order valence-corrected chi connectivity index (χ3v) is 4.82. The summed E-state index contributed by atoms with van der Waals surface area (Å²) < 4.78 is 0. The number of likely N-dealkylation sites (tertiary alicyclic amines) is 2. The van der Waals surface area contributed by atoms with Gasteiger partial charge >= 0.3 is 0 Å². The Balaban J connectivity index is 1.77. The molecule has 2 unspecified atom stereocenters. The second-order valence-corrected chi connectivity index (χ2v) is 6.09. The predicted molar refractivity (Wildman–Crippen MR) is 81.1 cm³/mol. The Morgan fingerprint density at radius 3 is 2.67 bits per heavy atom. The van der Waals surface area contributed by atoms with E-state index < -0.39 is 0 Å². The second-order valence-electron chi connectivity index (χ2n) is 6.09. The number of hydrogen-bond acceptors (Lipinski definition) is 4. The van der Waals surface area contributed by atoms with Crippen molar-refractivity contribution in [3.8, 4) is 0 Å². The van der Waals surface area contributed by atoms with Gasteiger partial charge in [-0.25, -0.2) is 4.98 Å². The standard InChI is InChI=1S/C16H24N4O/c1-3-19-8-4-6-14(19)15-7-5-9-20(15)16(21)13-11-17-12(2)10-18-13/h10-11,14-15H,3-9H2,1-2H3. The Kier molecular flexibility index (Phi) is 4.19. The van der Waals surface area contributed by atoms with Gasteiger partial charge in [0.1, 0.15) is 5.69 Å². The van der Waals surface area contributed by atoms with Crippen LogP contribution in [0.25, 0.3) is 0 Å². The fourth-order valence-corrected chi connectivity index (χ4v) is 3.78. The Hall–Kier alpha value is -1.49. The maximum absolute atomic E-state index is 12.7. The van der Waals surface area contributed by atoms with E-state index in [0.717, 1.165) is 31.6 Å². The Labute approximate surface area is 126 Å². The van der Waals surface area contributed by atoms with E-state index in [2.05, 4.69) is 21.8 Å². The lowest BCUT2D eigenvalue weighted by Crippen LogP contribution is -2.48. The largest absolute Gasteiger partial charge is 0.333 e. The quantitative estimate of drug-likeness (QED) is 0.852. The van der Waals surface area contributed by atoms with E-state index in [1.54, 1.807) is 12.4 Å². The van der Waals surface area contributed by atoms with Crippen molar-refractivity contribution in [2.45, 2.75) is 51.6 Å². The van der Waals surface area contributed by atoms with Gasteiger partial charge in [-0.05, 0) is 45.7 Å². The van der Waals surface area contributed by atoms with Crippen LogP contribution in [0.2, 0.25) is 0 Å². The molecule has 2 atom stereocenters. The van der Waals surface area contributed by atoms with Gasteiger partial charge in [-0.2, -0.15) is 0 Å². The lowest BCUT2D eigenvalue weighted by atomic mass is 10.0. The SMILES string of the molecule is CCN1CCCC1C1CCCN1C(=O)c1cnc(C)cn1. The molecule has 0 radical (unpaired) electrons. The Bertz CT molecular complexity index is 502. The summed E-state index contributed by atoms with van der Waals surface area (Å²) in [7, 11) is 0. The molecule has 2 aliphatic rings. The number of amides is 1. The van der Waals surface area contributed by atoms with Crippen LogP contribution in [0.4, 0.5) is 0 Å². The zero-order chi connectivity index (χ0) is 14.8. The number of carbonyl (C=O) groups is 1. The number of nitrogens with zero attached hydrogens (tertiary/aromatic N) is 4. The Morgan fingerprint density at radius 2 is 1.95 bits per heavy atom. The van der Waals surface area contributed by atoms with E-state index >= 15 is 0 Å². The maximum atomic E-state index is 12.7. The summed E-state index contributed by atoms with van der Waals surface area (Å²) in [4.78, 5) is 25.8. The molecule has 2 saturated heterocycles. The highest BCUT2D eigenvalue weighted by atomic mass is 16.2. The van der Waals surface area contributed by atoms with Crippen molar-refractivity contribution >= 4 is 5.91 Å². The highest BCUT2D eigenvalue weighted by molar-refractivity contribution is 5.92. The van der Waals surface area contributed by atoms with Crippen molar-refractivity contribution < 1.29 is 4.79 Å². The minimum Gasteiger partial charge on any atom is -0.333 e. The van der Waals surface area contributed by atoms with Crippen molar-refractivity contribution in [1.82, 2.24) is 19.8 Å². The number of likely N-dealkylation sites (N-methyl/N-ethyl adjacent to an activating group) is 1. The molecule has 1 aromatic heterocycles. The number of aryl methyl sites for hydroxylation is 1. The number of hydrogen-bond donors (Lipinski definition) is 0. The normalized spacial score (nSPS) is 26.5. The van der Waals surface area contributed by atoms with Crippen LogP contribution in [0, 0.1) is 6.92 Å². The lowest BCUT2D eigenvalue weighted by Gasteiger charge is -2.34. The minimum absolute atomic E-state index is 0.0490. The molecule has 0 spiro atoms. The van der Waals surface area contributed by atoms with Crippen molar-refractivity contribution in [3.63, 3.8) is 0 Å². The van der Waals surface area contributed by atoms with Crippen LogP contribution in [-0.2, 0) is 0 Å². The average molecular weight is 288 g/mol. The molecule has 2 fully saturated rings. The van der Waals surface area contributed by atoms with Crippen LogP contribution in [0.5, 0.6) is 0 Å². The molecule has 0 aromatic carbocycles. The van der Waals surface area contributed by atoms with Crippen LogP contribution in [0.3, 0.4) is 0 Å². The fraction of sp³-hybridized carbons (Fsp3) is 0.688. The maximum Gasteiger partial charge on any atom is 0.274 e. The first-order chi connectivity index (χ1) is 10.2. The monoisotopic (exact) mass is 288 g/mol. The molecule has 2 aliphatic heterocycles. The van der Waals surface area contributed by atoms with Crippen LogP contribution in [0.1, 0.15) is 48.8 Å². The first kappa shape index (κ1) is 14.4. The first-order valence-corrected chi connectivity index (χ1v) is 8.04. The van der Waals surface area contributed by atoms with E-state index in [0.29, 0.717) is 17.8 Å². The van der Waals surface area contributed by atoms with Crippen LogP contribution >= 0.6 is 0 Å². The molecule has 3 heterocycles. The van der Waals surface area contributed by atoms with Gasteiger partial charge in [0.05, 0.1) is 11.9 Å². The lowest BCUT2D eigenvalue weighted by molar-refractivity contribution is 0.0643. The molecule has 21 heavy (non-hydrogen) atoms. The van der Waals surface area contributed by atoms with Crippen molar-refractivity contribution in [2.24, 2.45) is 0 Å².